The summed E-state index contributed by atoms with van der Waals surface area (Å²) in [6.45, 7) is 0.282. The van der Waals surface area contributed by atoms with Crippen LogP contribution in [0.4, 0.5) is 20.3 Å². The van der Waals surface area contributed by atoms with E-state index in [9.17, 15) is 13.6 Å². The summed E-state index contributed by atoms with van der Waals surface area (Å²) in [6, 6.07) is 13.7. The Kier molecular flexibility index (Phi) is 5.48. The van der Waals surface area contributed by atoms with Crippen molar-refractivity contribution in [1.82, 2.24) is 15.3 Å². The first-order chi connectivity index (χ1) is 12.6. The van der Waals surface area contributed by atoms with Gasteiger partial charge in [0.1, 0.15) is 29.5 Å². The van der Waals surface area contributed by atoms with Crippen molar-refractivity contribution in [3.63, 3.8) is 0 Å². The maximum Gasteiger partial charge on any atom is 0.270 e. The number of hydrogen-bond donors (Lipinski definition) is 2. The van der Waals surface area contributed by atoms with E-state index in [0.717, 1.165) is 0 Å². The molecule has 26 heavy (non-hydrogen) atoms. The minimum atomic E-state index is -0.383. The maximum atomic E-state index is 13.6. The molecule has 2 aromatic carbocycles. The molecule has 1 heterocycles. The molecule has 132 valence electrons. The molecule has 3 rings (SSSR count). The number of benzene rings is 2. The van der Waals surface area contributed by atoms with Gasteiger partial charge in [0.2, 0.25) is 0 Å². The molecule has 0 aliphatic heterocycles. The normalized spacial score (nSPS) is 10.4. The Morgan fingerprint density at radius 1 is 1.00 bits per heavy atom. The number of halogens is 2. The maximum absolute atomic E-state index is 13.6. The van der Waals surface area contributed by atoms with Gasteiger partial charge in [0.25, 0.3) is 5.91 Å². The molecule has 0 aliphatic rings. The van der Waals surface area contributed by atoms with Gasteiger partial charge in [-0.15, -0.1) is 0 Å². The molecule has 7 heteroatoms. The van der Waals surface area contributed by atoms with Crippen LogP contribution in [-0.4, -0.2) is 22.4 Å². The highest BCUT2D eigenvalue weighted by atomic mass is 19.1. The fourth-order valence-corrected chi connectivity index (χ4v) is 2.33. The standard InChI is InChI=1S/C19H16F2N4O/c20-14-5-7-15(8-6-14)25-18-11-17(23-12-24-18)19(26)22-10-9-13-3-1-2-4-16(13)21/h1-8,11-12H,9-10H2,(H,22,26)(H,23,24,25). The Morgan fingerprint density at radius 3 is 2.54 bits per heavy atom. The van der Waals surface area contributed by atoms with Crippen molar-refractivity contribution in [2.75, 3.05) is 11.9 Å². The van der Waals surface area contributed by atoms with E-state index in [4.69, 9.17) is 0 Å². The Hall–Kier alpha value is -3.35. The number of amides is 1. The molecular weight excluding hydrogens is 338 g/mol. The molecule has 3 aromatic rings. The van der Waals surface area contributed by atoms with Crippen LogP contribution in [0.3, 0.4) is 0 Å². The molecule has 0 spiro atoms. The molecule has 0 atom stereocenters. The molecule has 1 amide bonds. The van der Waals surface area contributed by atoms with Crippen LogP contribution in [0.1, 0.15) is 16.1 Å². The number of hydrogen-bond acceptors (Lipinski definition) is 4. The second-order valence-corrected chi connectivity index (χ2v) is 5.52. The van der Waals surface area contributed by atoms with Crippen LogP contribution in [0.25, 0.3) is 0 Å². The van der Waals surface area contributed by atoms with Crippen LogP contribution in [0.15, 0.2) is 60.9 Å². The third-order valence-electron chi connectivity index (χ3n) is 3.65. The Balaban J connectivity index is 1.59. The SMILES string of the molecule is O=C(NCCc1ccccc1F)c1cc(Nc2ccc(F)cc2)ncn1. The van der Waals surface area contributed by atoms with Crippen molar-refractivity contribution >= 4 is 17.4 Å². The second-order valence-electron chi connectivity index (χ2n) is 5.52. The topological polar surface area (TPSA) is 66.9 Å². The summed E-state index contributed by atoms with van der Waals surface area (Å²) in [6.07, 6.45) is 1.64. The van der Waals surface area contributed by atoms with E-state index < -0.39 is 0 Å². The molecule has 0 saturated carbocycles. The van der Waals surface area contributed by atoms with E-state index in [1.807, 2.05) is 0 Å². The van der Waals surface area contributed by atoms with Gasteiger partial charge in [-0.25, -0.2) is 18.7 Å². The third kappa shape index (κ3) is 4.60. The van der Waals surface area contributed by atoms with Gasteiger partial charge in [0, 0.05) is 18.3 Å². The summed E-state index contributed by atoms with van der Waals surface area (Å²) in [7, 11) is 0. The van der Waals surface area contributed by atoms with Gasteiger partial charge >= 0.3 is 0 Å². The summed E-state index contributed by atoms with van der Waals surface area (Å²) in [4.78, 5) is 20.2. The minimum Gasteiger partial charge on any atom is -0.350 e. The number of nitrogens with zero attached hydrogens (tertiary/aromatic N) is 2. The highest BCUT2D eigenvalue weighted by Gasteiger charge is 2.09. The number of carbonyl (C=O) groups excluding carboxylic acids is 1. The largest absolute Gasteiger partial charge is 0.350 e. The fourth-order valence-electron chi connectivity index (χ4n) is 2.33. The smallest absolute Gasteiger partial charge is 0.270 e. The zero-order chi connectivity index (χ0) is 18.4. The summed E-state index contributed by atoms with van der Waals surface area (Å²) >= 11 is 0. The number of nitrogens with one attached hydrogen (secondary N) is 2. The van der Waals surface area contributed by atoms with Gasteiger partial charge in [-0.1, -0.05) is 18.2 Å². The van der Waals surface area contributed by atoms with Gasteiger partial charge in [-0.2, -0.15) is 0 Å². The summed E-state index contributed by atoms with van der Waals surface area (Å²) in [5.74, 6) is -0.612. The molecule has 0 unspecified atom stereocenters. The zero-order valence-electron chi connectivity index (χ0n) is 13.7. The number of carbonyl (C=O) groups is 1. The van der Waals surface area contributed by atoms with E-state index >= 15 is 0 Å². The van der Waals surface area contributed by atoms with Crippen molar-refractivity contribution in [2.24, 2.45) is 0 Å². The molecular formula is C19H16F2N4O. The summed E-state index contributed by atoms with van der Waals surface area (Å²) < 4.78 is 26.5. The second kappa shape index (κ2) is 8.15. The van der Waals surface area contributed by atoms with E-state index in [1.165, 1.54) is 30.6 Å². The fraction of sp³-hybridized carbons (Fsp3) is 0.105. The summed E-state index contributed by atoms with van der Waals surface area (Å²) in [5, 5.41) is 5.67. The van der Waals surface area contributed by atoms with Crippen molar-refractivity contribution < 1.29 is 13.6 Å². The van der Waals surface area contributed by atoms with Gasteiger partial charge in [-0.05, 0) is 42.3 Å². The highest BCUT2D eigenvalue weighted by Crippen LogP contribution is 2.15. The molecule has 5 nitrogen and oxygen atoms in total. The van der Waals surface area contributed by atoms with Crippen LogP contribution >= 0.6 is 0 Å². The van der Waals surface area contributed by atoms with Crippen LogP contribution in [0, 0.1) is 11.6 Å². The molecule has 0 aliphatic carbocycles. The van der Waals surface area contributed by atoms with Gasteiger partial charge in [0.15, 0.2) is 0 Å². The first-order valence-electron chi connectivity index (χ1n) is 7.98. The average molecular weight is 354 g/mol. The van der Waals surface area contributed by atoms with E-state index in [0.29, 0.717) is 23.5 Å². The third-order valence-corrected chi connectivity index (χ3v) is 3.65. The van der Waals surface area contributed by atoms with Crippen molar-refractivity contribution in [3.8, 4) is 0 Å². The minimum absolute atomic E-state index is 0.179. The lowest BCUT2D eigenvalue weighted by atomic mass is 10.1. The number of aromatic nitrogens is 2. The van der Waals surface area contributed by atoms with Crippen molar-refractivity contribution in [3.05, 3.63) is 83.8 Å². The highest BCUT2D eigenvalue weighted by molar-refractivity contribution is 5.92. The Morgan fingerprint density at radius 2 is 1.77 bits per heavy atom. The Bertz CT molecular complexity index is 900. The quantitative estimate of drug-likeness (QED) is 0.711. The molecule has 0 fully saturated rings. The Labute approximate surface area is 149 Å². The molecule has 0 saturated heterocycles. The van der Waals surface area contributed by atoms with Crippen LogP contribution in [0.2, 0.25) is 0 Å². The van der Waals surface area contributed by atoms with Crippen LogP contribution in [-0.2, 0) is 6.42 Å². The number of anilines is 2. The molecule has 2 N–H and O–H groups in total. The van der Waals surface area contributed by atoms with E-state index in [-0.39, 0.29) is 29.8 Å². The van der Waals surface area contributed by atoms with Gasteiger partial charge < -0.3 is 10.6 Å². The molecule has 0 radical (unpaired) electrons. The lowest BCUT2D eigenvalue weighted by Crippen LogP contribution is -2.26. The predicted octanol–water partition coefficient (Wildman–Crippen LogP) is 3.47. The van der Waals surface area contributed by atoms with Crippen LogP contribution < -0.4 is 10.6 Å². The van der Waals surface area contributed by atoms with Crippen LogP contribution in [0.5, 0.6) is 0 Å². The van der Waals surface area contributed by atoms with Gasteiger partial charge in [-0.3, -0.25) is 4.79 Å². The summed E-state index contributed by atoms with van der Waals surface area (Å²) in [5.41, 5.74) is 1.35. The van der Waals surface area contributed by atoms with Gasteiger partial charge in [0.05, 0.1) is 0 Å². The first-order valence-corrected chi connectivity index (χ1v) is 7.98. The van der Waals surface area contributed by atoms with E-state index in [1.54, 1.807) is 30.3 Å². The molecule has 0 bridgehead atoms. The predicted molar refractivity (Wildman–Crippen MR) is 94.2 cm³/mol. The average Bonchev–Trinajstić information content (AvgIpc) is 2.65. The van der Waals surface area contributed by atoms with Crippen molar-refractivity contribution in [2.45, 2.75) is 6.42 Å². The zero-order valence-corrected chi connectivity index (χ0v) is 13.7. The lowest BCUT2D eigenvalue weighted by molar-refractivity contribution is 0.0949. The monoisotopic (exact) mass is 354 g/mol. The molecule has 1 aromatic heterocycles. The number of rotatable bonds is 6. The lowest BCUT2D eigenvalue weighted by Gasteiger charge is -2.08. The van der Waals surface area contributed by atoms with Crippen molar-refractivity contribution in [1.29, 1.82) is 0 Å². The first kappa shape index (κ1) is 17.5. The van der Waals surface area contributed by atoms with E-state index in [2.05, 4.69) is 20.6 Å².